The second-order valence-electron chi connectivity index (χ2n) is 2.70. The highest BCUT2D eigenvalue weighted by Gasteiger charge is 2.25. The molecule has 15 heavy (non-hydrogen) atoms. The zero-order chi connectivity index (χ0) is 11.6. The standard InChI is InChI=1S/C8H9BBrFO4/c1-14-7-5(10)3-4(9(12)13)6(11)8(7)15-2/h3,12-13H,1-2H3. The molecule has 0 aliphatic heterocycles. The van der Waals surface area contributed by atoms with Crippen LogP contribution in [-0.2, 0) is 0 Å². The van der Waals surface area contributed by atoms with Gasteiger partial charge in [0.2, 0.25) is 0 Å². The van der Waals surface area contributed by atoms with Crippen LogP contribution in [0.5, 0.6) is 11.5 Å². The first-order valence-electron chi connectivity index (χ1n) is 3.99. The largest absolute Gasteiger partial charge is 0.492 e. The Labute approximate surface area is 94.9 Å². The van der Waals surface area contributed by atoms with Crippen molar-refractivity contribution >= 4 is 28.5 Å². The van der Waals surface area contributed by atoms with E-state index >= 15 is 0 Å². The third kappa shape index (κ3) is 2.24. The molecule has 1 aromatic carbocycles. The smallest absolute Gasteiger partial charge is 0.491 e. The minimum absolute atomic E-state index is 0.166. The molecule has 4 nitrogen and oxygen atoms in total. The van der Waals surface area contributed by atoms with Crippen molar-refractivity contribution in [1.29, 1.82) is 0 Å². The summed E-state index contributed by atoms with van der Waals surface area (Å²) in [6, 6.07) is 1.22. The molecular weight excluding hydrogens is 270 g/mol. The van der Waals surface area contributed by atoms with Gasteiger partial charge in [-0.15, -0.1) is 0 Å². The van der Waals surface area contributed by atoms with E-state index in [2.05, 4.69) is 15.9 Å². The SMILES string of the molecule is COc1c(Br)cc(B(O)O)c(F)c1OC. The summed E-state index contributed by atoms with van der Waals surface area (Å²) in [6.07, 6.45) is 0. The number of halogens is 2. The first-order valence-corrected chi connectivity index (χ1v) is 4.78. The lowest BCUT2D eigenvalue weighted by molar-refractivity contribution is 0.335. The summed E-state index contributed by atoms with van der Waals surface area (Å²) in [5.74, 6) is -0.859. The van der Waals surface area contributed by atoms with E-state index < -0.39 is 12.9 Å². The van der Waals surface area contributed by atoms with Gasteiger partial charge in [0.15, 0.2) is 17.3 Å². The molecule has 0 spiro atoms. The molecule has 0 aliphatic rings. The fourth-order valence-electron chi connectivity index (χ4n) is 1.17. The van der Waals surface area contributed by atoms with E-state index in [1.54, 1.807) is 0 Å². The van der Waals surface area contributed by atoms with E-state index in [9.17, 15) is 4.39 Å². The number of hydrogen-bond donors (Lipinski definition) is 2. The summed E-state index contributed by atoms with van der Waals surface area (Å²) in [6.45, 7) is 0. The predicted molar refractivity (Wildman–Crippen MR) is 57.0 cm³/mol. The van der Waals surface area contributed by atoms with Crippen LogP contribution in [0.15, 0.2) is 10.5 Å². The molecule has 0 saturated heterocycles. The van der Waals surface area contributed by atoms with Gasteiger partial charge in [-0.05, 0) is 22.0 Å². The molecule has 2 N–H and O–H groups in total. The predicted octanol–water partition coefficient (Wildman–Crippen LogP) is 0.285. The van der Waals surface area contributed by atoms with E-state index in [-0.39, 0.29) is 17.0 Å². The van der Waals surface area contributed by atoms with E-state index in [0.717, 1.165) is 0 Å². The van der Waals surface area contributed by atoms with Gasteiger partial charge >= 0.3 is 7.12 Å². The Morgan fingerprint density at radius 3 is 2.20 bits per heavy atom. The van der Waals surface area contributed by atoms with Crippen LogP contribution in [0.2, 0.25) is 0 Å². The van der Waals surface area contributed by atoms with Crippen LogP contribution in [-0.4, -0.2) is 31.4 Å². The van der Waals surface area contributed by atoms with Crippen LogP contribution < -0.4 is 14.9 Å². The van der Waals surface area contributed by atoms with Crippen molar-refractivity contribution in [2.45, 2.75) is 0 Å². The fraction of sp³-hybridized carbons (Fsp3) is 0.250. The van der Waals surface area contributed by atoms with Crippen molar-refractivity contribution in [3.63, 3.8) is 0 Å². The Morgan fingerprint density at radius 1 is 1.27 bits per heavy atom. The minimum atomic E-state index is -1.90. The third-order valence-electron chi connectivity index (χ3n) is 1.84. The van der Waals surface area contributed by atoms with E-state index in [1.807, 2.05) is 0 Å². The van der Waals surface area contributed by atoms with Gasteiger partial charge in [0.25, 0.3) is 0 Å². The fourth-order valence-corrected chi connectivity index (χ4v) is 1.75. The third-order valence-corrected chi connectivity index (χ3v) is 2.43. The van der Waals surface area contributed by atoms with Crippen LogP contribution in [0.25, 0.3) is 0 Å². The van der Waals surface area contributed by atoms with Gasteiger partial charge < -0.3 is 19.5 Å². The van der Waals surface area contributed by atoms with Gasteiger partial charge in [0, 0.05) is 5.46 Å². The Hall–Kier alpha value is -0.785. The number of hydrogen-bond acceptors (Lipinski definition) is 4. The van der Waals surface area contributed by atoms with Crippen LogP contribution in [0, 0.1) is 5.82 Å². The summed E-state index contributed by atoms with van der Waals surface area (Å²) in [4.78, 5) is 0. The molecule has 0 aliphatic carbocycles. The molecule has 1 rings (SSSR count). The van der Waals surface area contributed by atoms with E-state index in [1.165, 1.54) is 20.3 Å². The molecule has 0 bridgehead atoms. The molecule has 82 valence electrons. The van der Waals surface area contributed by atoms with Gasteiger partial charge in [-0.3, -0.25) is 0 Å². The number of ether oxygens (including phenoxy) is 2. The Bertz CT molecular complexity index is 372. The molecule has 0 atom stereocenters. The maximum absolute atomic E-state index is 13.6. The highest BCUT2D eigenvalue weighted by atomic mass is 79.9. The zero-order valence-electron chi connectivity index (χ0n) is 8.12. The van der Waals surface area contributed by atoms with Gasteiger partial charge in [-0.2, -0.15) is 0 Å². The minimum Gasteiger partial charge on any atom is -0.492 e. The van der Waals surface area contributed by atoms with Crippen LogP contribution in [0.3, 0.4) is 0 Å². The average Bonchev–Trinajstić information content (AvgIpc) is 2.19. The van der Waals surface area contributed by atoms with Crippen LogP contribution >= 0.6 is 15.9 Å². The molecule has 0 saturated carbocycles. The van der Waals surface area contributed by atoms with Crippen LogP contribution in [0.1, 0.15) is 0 Å². The van der Waals surface area contributed by atoms with Gasteiger partial charge in [0.1, 0.15) is 0 Å². The Kier molecular flexibility index (Phi) is 3.95. The molecule has 1 aromatic rings. The van der Waals surface area contributed by atoms with Crippen molar-refractivity contribution in [2.75, 3.05) is 14.2 Å². The maximum atomic E-state index is 13.6. The first-order chi connectivity index (χ1) is 7.02. The van der Waals surface area contributed by atoms with Gasteiger partial charge in [0.05, 0.1) is 18.7 Å². The van der Waals surface area contributed by atoms with Crippen molar-refractivity contribution < 1.29 is 23.9 Å². The second-order valence-corrected chi connectivity index (χ2v) is 3.56. The highest BCUT2D eigenvalue weighted by Crippen LogP contribution is 2.36. The highest BCUT2D eigenvalue weighted by molar-refractivity contribution is 9.10. The summed E-state index contributed by atoms with van der Waals surface area (Å²) < 4.78 is 23.7. The lowest BCUT2D eigenvalue weighted by Gasteiger charge is -2.13. The first kappa shape index (κ1) is 12.3. The maximum Gasteiger partial charge on any atom is 0.491 e. The van der Waals surface area contributed by atoms with Gasteiger partial charge in [-0.25, -0.2) is 4.39 Å². The molecule has 0 radical (unpaired) electrons. The van der Waals surface area contributed by atoms with Gasteiger partial charge in [-0.1, -0.05) is 0 Å². The lowest BCUT2D eigenvalue weighted by Crippen LogP contribution is -2.33. The Balaban J connectivity index is 3.44. The molecular formula is C8H9BBrFO4. The summed E-state index contributed by atoms with van der Waals surface area (Å²) in [5.41, 5.74) is -0.278. The summed E-state index contributed by atoms with van der Waals surface area (Å²) in [5, 5.41) is 17.8. The molecule has 0 aromatic heterocycles. The molecule has 7 heteroatoms. The molecule has 0 fully saturated rings. The number of benzene rings is 1. The quantitative estimate of drug-likeness (QED) is 0.780. The number of methoxy groups -OCH3 is 2. The number of rotatable bonds is 3. The normalized spacial score (nSPS) is 10.0. The second kappa shape index (κ2) is 4.83. The van der Waals surface area contributed by atoms with Crippen molar-refractivity contribution in [3.05, 3.63) is 16.4 Å². The van der Waals surface area contributed by atoms with Crippen molar-refractivity contribution in [1.82, 2.24) is 0 Å². The van der Waals surface area contributed by atoms with E-state index in [0.29, 0.717) is 4.47 Å². The van der Waals surface area contributed by atoms with Crippen LogP contribution in [0.4, 0.5) is 4.39 Å². The van der Waals surface area contributed by atoms with Crippen molar-refractivity contribution in [3.8, 4) is 11.5 Å². The summed E-state index contributed by atoms with van der Waals surface area (Å²) >= 11 is 3.11. The monoisotopic (exact) mass is 278 g/mol. The molecule has 0 unspecified atom stereocenters. The average molecular weight is 279 g/mol. The molecule has 0 amide bonds. The van der Waals surface area contributed by atoms with E-state index in [4.69, 9.17) is 19.5 Å². The Morgan fingerprint density at radius 2 is 1.80 bits per heavy atom. The topological polar surface area (TPSA) is 58.9 Å². The summed E-state index contributed by atoms with van der Waals surface area (Å²) in [7, 11) is 0.721. The molecule has 0 heterocycles. The lowest BCUT2D eigenvalue weighted by atomic mass is 9.79. The van der Waals surface area contributed by atoms with Crippen molar-refractivity contribution in [2.24, 2.45) is 0 Å². The zero-order valence-corrected chi connectivity index (χ0v) is 9.71.